The van der Waals surface area contributed by atoms with E-state index >= 15 is 0 Å². The van der Waals surface area contributed by atoms with E-state index < -0.39 is 0 Å². The van der Waals surface area contributed by atoms with E-state index in [4.69, 9.17) is 4.84 Å². The molecule has 2 heteroatoms. The summed E-state index contributed by atoms with van der Waals surface area (Å²) in [4.78, 5) is 5.48. The van der Waals surface area contributed by atoms with Gasteiger partial charge in [0, 0.05) is 11.0 Å². The Labute approximate surface area is 69.5 Å². The van der Waals surface area contributed by atoms with Crippen molar-refractivity contribution in [3.05, 3.63) is 0 Å². The van der Waals surface area contributed by atoms with Crippen molar-refractivity contribution in [2.24, 2.45) is 5.41 Å². The van der Waals surface area contributed by atoms with Crippen LogP contribution >= 0.6 is 0 Å². The molecule has 0 radical (unpaired) electrons. The summed E-state index contributed by atoms with van der Waals surface area (Å²) in [5.41, 5.74) is 0.394. The van der Waals surface area contributed by atoms with Crippen LogP contribution in [-0.4, -0.2) is 16.8 Å². The fourth-order valence-electron chi connectivity index (χ4n) is 1.10. The monoisotopic (exact) mass is 157 g/mol. The molecule has 1 aliphatic heterocycles. The topological polar surface area (TPSA) is 15.5 Å². The van der Waals surface area contributed by atoms with E-state index in [1.54, 1.807) is 0 Å². The highest BCUT2D eigenvalue weighted by Crippen LogP contribution is 2.41. The van der Waals surface area contributed by atoms with E-state index in [1.807, 2.05) is 0 Å². The number of nitrogens with zero attached hydrogens (tertiary/aromatic N) is 1. The van der Waals surface area contributed by atoms with Gasteiger partial charge in [-0.15, -0.1) is 0 Å². The van der Waals surface area contributed by atoms with E-state index in [9.17, 15) is 0 Å². The van der Waals surface area contributed by atoms with Crippen molar-refractivity contribution < 1.29 is 4.84 Å². The molecule has 0 aromatic heterocycles. The Morgan fingerprint density at radius 2 is 1.45 bits per heavy atom. The standard InChI is InChI=1S/C9H19NO/c1-8(2,3)7-10(11-7)9(4,5)6/h7H,1-6H3/t7-,10?/m1/s1. The Balaban J connectivity index is 2.51. The third-order valence-electron chi connectivity index (χ3n) is 1.78. The third-order valence-corrected chi connectivity index (χ3v) is 1.78. The number of rotatable bonds is 0. The predicted octanol–water partition coefficient (Wildman–Crippen LogP) is 2.40. The van der Waals surface area contributed by atoms with Gasteiger partial charge < -0.3 is 0 Å². The largest absolute Gasteiger partial charge is 0.274 e. The van der Waals surface area contributed by atoms with Crippen LogP contribution < -0.4 is 0 Å². The van der Waals surface area contributed by atoms with Crippen molar-refractivity contribution in [1.82, 2.24) is 5.06 Å². The summed E-state index contributed by atoms with van der Waals surface area (Å²) in [6.45, 7) is 13.1. The van der Waals surface area contributed by atoms with Gasteiger partial charge in [-0.3, -0.25) is 4.84 Å². The predicted molar refractivity (Wildman–Crippen MR) is 45.9 cm³/mol. The van der Waals surface area contributed by atoms with E-state index in [0.717, 1.165) is 0 Å². The Morgan fingerprint density at radius 3 is 1.55 bits per heavy atom. The molecule has 1 aliphatic rings. The van der Waals surface area contributed by atoms with Crippen molar-refractivity contribution >= 4 is 0 Å². The van der Waals surface area contributed by atoms with Crippen LogP contribution in [0.1, 0.15) is 41.5 Å². The van der Waals surface area contributed by atoms with Gasteiger partial charge in [0.25, 0.3) is 0 Å². The second-order valence-corrected chi connectivity index (χ2v) is 5.32. The molecule has 2 nitrogen and oxygen atoms in total. The zero-order valence-corrected chi connectivity index (χ0v) is 8.43. The average Bonchev–Trinajstić information content (AvgIpc) is 2.30. The van der Waals surface area contributed by atoms with Crippen molar-refractivity contribution in [3.8, 4) is 0 Å². The van der Waals surface area contributed by atoms with Crippen LogP contribution in [0, 0.1) is 5.41 Å². The van der Waals surface area contributed by atoms with Crippen LogP contribution in [0.5, 0.6) is 0 Å². The number of hydrogen-bond donors (Lipinski definition) is 0. The lowest BCUT2D eigenvalue weighted by Gasteiger charge is -2.20. The molecular formula is C9H19NO. The molecule has 0 aromatic carbocycles. The highest BCUT2D eigenvalue weighted by Gasteiger charge is 2.51. The first-order valence-corrected chi connectivity index (χ1v) is 4.19. The van der Waals surface area contributed by atoms with Gasteiger partial charge in [-0.25, -0.2) is 0 Å². The average molecular weight is 157 g/mol. The van der Waals surface area contributed by atoms with Crippen LogP contribution in [0.25, 0.3) is 0 Å². The van der Waals surface area contributed by atoms with Crippen LogP contribution in [0.3, 0.4) is 0 Å². The molecule has 1 fully saturated rings. The molecule has 1 rings (SSSR count). The summed E-state index contributed by atoms with van der Waals surface area (Å²) >= 11 is 0. The fraction of sp³-hybridized carbons (Fsp3) is 1.00. The highest BCUT2D eigenvalue weighted by atomic mass is 16.8. The molecule has 1 saturated heterocycles. The number of hydrogen-bond acceptors (Lipinski definition) is 2. The quantitative estimate of drug-likeness (QED) is 0.502. The van der Waals surface area contributed by atoms with Gasteiger partial charge in [0.05, 0.1) is 0 Å². The molecule has 0 amide bonds. The van der Waals surface area contributed by atoms with Gasteiger partial charge in [-0.1, -0.05) is 20.8 Å². The molecule has 0 spiro atoms. The molecule has 0 N–H and O–H groups in total. The molecule has 0 saturated carbocycles. The lowest BCUT2D eigenvalue weighted by Crippen LogP contribution is -2.31. The maximum Gasteiger partial charge on any atom is 0.160 e. The molecule has 0 aromatic rings. The molecule has 1 heterocycles. The zero-order valence-electron chi connectivity index (χ0n) is 8.43. The summed E-state index contributed by atoms with van der Waals surface area (Å²) in [5, 5.41) is 2.06. The zero-order chi connectivity index (χ0) is 8.86. The van der Waals surface area contributed by atoms with Crippen molar-refractivity contribution in [2.75, 3.05) is 0 Å². The van der Waals surface area contributed by atoms with Crippen LogP contribution in [0.15, 0.2) is 0 Å². The molecular weight excluding hydrogens is 138 g/mol. The number of hydroxylamine groups is 2. The minimum absolute atomic E-state index is 0.151. The van der Waals surface area contributed by atoms with E-state index in [-0.39, 0.29) is 11.0 Å². The summed E-state index contributed by atoms with van der Waals surface area (Å²) in [7, 11) is 0. The highest BCUT2D eigenvalue weighted by molar-refractivity contribution is 4.87. The fourth-order valence-corrected chi connectivity index (χ4v) is 1.10. The van der Waals surface area contributed by atoms with Crippen molar-refractivity contribution in [3.63, 3.8) is 0 Å². The molecule has 66 valence electrons. The van der Waals surface area contributed by atoms with E-state index in [0.29, 0.717) is 6.23 Å². The third kappa shape index (κ3) is 1.94. The first kappa shape index (κ1) is 9.01. The van der Waals surface area contributed by atoms with E-state index in [2.05, 4.69) is 46.6 Å². The van der Waals surface area contributed by atoms with Crippen LogP contribution in [-0.2, 0) is 4.84 Å². The summed E-state index contributed by atoms with van der Waals surface area (Å²) < 4.78 is 0. The SMILES string of the molecule is CC(C)(C)[C@H]1ON1C(C)(C)C. The first-order chi connectivity index (χ1) is 4.73. The first-order valence-electron chi connectivity index (χ1n) is 4.19. The summed E-state index contributed by atoms with van der Waals surface area (Å²) in [5.74, 6) is 0. The van der Waals surface area contributed by atoms with Crippen LogP contribution in [0.2, 0.25) is 0 Å². The van der Waals surface area contributed by atoms with Crippen molar-refractivity contribution in [2.45, 2.75) is 53.3 Å². The molecule has 0 bridgehead atoms. The lowest BCUT2D eigenvalue weighted by molar-refractivity contribution is 0.101. The van der Waals surface area contributed by atoms with Crippen LogP contribution in [0.4, 0.5) is 0 Å². The normalized spacial score (nSPS) is 32.2. The second-order valence-electron chi connectivity index (χ2n) is 5.32. The Bertz CT molecular complexity index is 134. The molecule has 11 heavy (non-hydrogen) atoms. The maximum atomic E-state index is 5.48. The summed E-state index contributed by atoms with van der Waals surface area (Å²) in [6, 6.07) is 0. The maximum absolute atomic E-state index is 5.48. The minimum atomic E-state index is 0.151. The van der Waals surface area contributed by atoms with Gasteiger partial charge in [0.1, 0.15) is 0 Å². The van der Waals surface area contributed by atoms with Gasteiger partial charge >= 0.3 is 0 Å². The van der Waals surface area contributed by atoms with Gasteiger partial charge in [0.2, 0.25) is 0 Å². The van der Waals surface area contributed by atoms with Gasteiger partial charge in [0.15, 0.2) is 6.23 Å². The van der Waals surface area contributed by atoms with E-state index in [1.165, 1.54) is 0 Å². The van der Waals surface area contributed by atoms with Gasteiger partial charge in [-0.05, 0) is 20.8 Å². The Kier molecular flexibility index (Phi) is 1.81. The van der Waals surface area contributed by atoms with Crippen molar-refractivity contribution in [1.29, 1.82) is 0 Å². The molecule has 1 unspecified atom stereocenters. The summed E-state index contributed by atoms with van der Waals surface area (Å²) in [6.07, 6.45) is 0.308. The second kappa shape index (κ2) is 2.20. The Morgan fingerprint density at radius 1 is 1.00 bits per heavy atom. The van der Waals surface area contributed by atoms with Gasteiger partial charge in [-0.2, -0.15) is 5.06 Å². The minimum Gasteiger partial charge on any atom is -0.274 e. The molecule has 2 atom stereocenters. The lowest BCUT2D eigenvalue weighted by atomic mass is 9.94. The smallest absolute Gasteiger partial charge is 0.160 e. The molecule has 0 aliphatic carbocycles. The Hall–Kier alpha value is -0.0800.